The van der Waals surface area contributed by atoms with Crippen LogP contribution in [-0.4, -0.2) is 44.2 Å². The summed E-state index contributed by atoms with van der Waals surface area (Å²) in [5, 5.41) is 4.38. The molecule has 44 heavy (non-hydrogen) atoms. The summed E-state index contributed by atoms with van der Waals surface area (Å²) in [5.41, 5.74) is 4.47. The summed E-state index contributed by atoms with van der Waals surface area (Å²) in [6.45, 7) is 2.09. The first kappa shape index (κ1) is 31.0. The van der Waals surface area contributed by atoms with Crippen molar-refractivity contribution in [2.45, 2.75) is 70.4 Å². The molecule has 0 aliphatic heterocycles. The number of carbonyl (C=O) groups excluding carboxylic acids is 2. The van der Waals surface area contributed by atoms with Crippen molar-refractivity contribution < 1.29 is 23.8 Å². The minimum atomic E-state index is -0.964. The van der Waals surface area contributed by atoms with Crippen molar-refractivity contribution in [2.75, 3.05) is 26.2 Å². The quantitative estimate of drug-likeness (QED) is 0.185. The minimum absolute atomic E-state index is 0.0615. The maximum Gasteiger partial charge on any atom is 0.248 e. The van der Waals surface area contributed by atoms with Crippen molar-refractivity contribution in [1.82, 2.24) is 10.3 Å². The lowest BCUT2D eigenvalue weighted by atomic mass is 9.94. The molecule has 1 aliphatic rings. The molecule has 5 rings (SSSR count). The van der Waals surface area contributed by atoms with Gasteiger partial charge in [0.2, 0.25) is 17.6 Å². The highest BCUT2D eigenvalue weighted by atomic mass is 16.5. The Balaban J connectivity index is 1.58. The second-order valence-corrected chi connectivity index (χ2v) is 11.3. The molecule has 1 aromatic heterocycles. The molecule has 4 aromatic rings. The molecule has 1 saturated carbocycles. The number of H-pyrrole nitrogens is 1. The van der Waals surface area contributed by atoms with E-state index in [4.69, 9.17) is 14.2 Å². The lowest BCUT2D eigenvalue weighted by Gasteiger charge is -2.34. The zero-order valence-corrected chi connectivity index (χ0v) is 26.2. The normalized spacial score (nSPS) is 14.2. The highest BCUT2D eigenvalue weighted by molar-refractivity contribution is 6.02. The van der Waals surface area contributed by atoms with Crippen LogP contribution in [0, 0.1) is 0 Å². The van der Waals surface area contributed by atoms with Crippen molar-refractivity contribution >= 4 is 28.4 Å². The molecule has 1 unspecified atom stereocenters. The van der Waals surface area contributed by atoms with Crippen LogP contribution in [0.4, 0.5) is 5.69 Å². The third-order valence-electron chi connectivity index (χ3n) is 8.64. The van der Waals surface area contributed by atoms with E-state index in [2.05, 4.69) is 23.3 Å². The number of amides is 2. The number of methoxy groups -OCH3 is 3. The number of anilines is 1. The highest BCUT2D eigenvalue weighted by Crippen LogP contribution is 2.42. The maximum absolute atomic E-state index is 14.4. The smallest absolute Gasteiger partial charge is 0.248 e. The molecule has 8 heteroatoms. The van der Waals surface area contributed by atoms with Crippen molar-refractivity contribution in [3.63, 3.8) is 0 Å². The van der Waals surface area contributed by atoms with Gasteiger partial charge >= 0.3 is 0 Å². The Morgan fingerprint density at radius 1 is 0.932 bits per heavy atom. The molecule has 0 spiro atoms. The van der Waals surface area contributed by atoms with E-state index >= 15 is 0 Å². The number of hydrogen-bond donors (Lipinski definition) is 2. The molecular formula is C36H43N3O5. The molecule has 1 heterocycles. The topological polar surface area (TPSA) is 92.9 Å². The highest BCUT2D eigenvalue weighted by Gasteiger charge is 2.35. The monoisotopic (exact) mass is 597 g/mol. The summed E-state index contributed by atoms with van der Waals surface area (Å²) in [7, 11) is 4.64. The number of aromatic nitrogens is 1. The lowest BCUT2D eigenvalue weighted by molar-refractivity contribution is -0.127. The summed E-state index contributed by atoms with van der Waals surface area (Å²) in [6.07, 6.45) is 8.74. The van der Waals surface area contributed by atoms with Gasteiger partial charge in [-0.15, -0.1) is 0 Å². The van der Waals surface area contributed by atoms with Crippen molar-refractivity contribution in [3.05, 3.63) is 83.6 Å². The van der Waals surface area contributed by atoms with Gasteiger partial charge in [0.15, 0.2) is 11.5 Å². The fraction of sp³-hybridized carbons (Fsp3) is 0.389. The van der Waals surface area contributed by atoms with Gasteiger partial charge in [-0.3, -0.25) is 14.5 Å². The van der Waals surface area contributed by atoms with Crippen molar-refractivity contribution in [1.29, 1.82) is 0 Å². The number of rotatable bonds is 12. The minimum Gasteiger partial charge on any atom is -0.493 e. The van der Waals surface area contributed by atoms with E-state index in [1.807, 2.05) is 48.7 Å². The van der Waals surface area contributed by atoms with Gasteiger partial charge < -0.3 is 24.5 Å². The Kier molecular flexibility index (Phi) is 10.1. The maximum atomic E-state index is 14.4. The zero-order chi connectivity index (χ0) is 31.1. The number of benzene rings is 3. The van der Waals surface area contributed by atoms with Crippen LogP contribution >= 0.6 is 0 Å². The molecule has 0 radical (unpaired) electrons. The SMILES string of the molecule is CCc1ccc(N(C(=O)CCc2c[nH]c3ccccc23)C(C(=O)NC2CCCCC2)c2cc(OC)c(OC)c(OC)c2)cc1. The third-order valence-corrected chi connectivity index (χ3v) is 8.64. The summed E-state index contributed by atoms with van der Waals surface area (Å²) >= 11 is 0. The Labute approximate surface area is 259 Å². The van der Waals surface area contributed by atoms with Crippen LogP contribution in [0.15, 0.2) is 66.9 Å². The second-order valence-electron chi connectivity index (χ2n) is 11.3. The number of carbonyl (C=O) groups is 2. The fourth-order valence-corrected chi connectivity index (χ4v) is 6.23. The molecule has 1 aliphatic carbocycles. The van der Waals surface area contributed by atoms with E-state index in [1.54, 1.807) is 38.4 Å². The van der Waals surface area contributed by atoms with Crippen LogP contribution in [0.1, 0.15) is 68.2 Å². The van der Waals surface area contributed by atoms with Gasteiger partial charge in [-0.25, -0.2) is 0 Å². The molecule has 0 bridgehead atoms. The number of nitrogens with zero attached hydrogens (tertiary/aromatic N) is 1. The largest absolute Gasteiger partial charge is 0.493 e. The van der Waals surface area contributed by atoms with Crippen LogP contribution in [0.25, 0.3) is 10.9 Å². The molecule has 1 fully saturated rings. The van der Waals surface area contributed by atoms with Crippen molar-refractivity contribution in [2.24, 2.45) is 0 Å². The molecule has 8 nitrogen and oxygen atoms in total. The van der Waals surface area contributed by atoms with E-state index in [-0.39, 0.29) is 24.3 Å². The van der Waals surface area contributed by atoms with Crippen LogP contribution < -0.4 is 24.4 Å². The van der Waals surface area contributed by atoms with Crippen LogP contribution in [0.2, 0.25) is 0 Å². The number of nitrogens with one attached hydrogen (secondary N) is 2. The van der Waals surface area contributed by atoms with Gasteiger partial charge in [0.1, 0.15) is 6.04 Å². The second kappa shape index (κ2) is 14.3. The van der Waals surface area contributed by atoms with E-state index in [1.165, 1.54) is 6.42 Å². The third kappa shape index (κ3) is 6.69. The molecule has 2 N–H and O–H groups in total. The summed E-state index contributed by atoms with van der Waals surface area (Å²) in [4.78, 5) is 33.8. The average molecular weight is 598 g/mol. The van der Waals surface area contributed by atoms with E-state index in [0.717, 1.165) is 54.1 Å². The van der Waals surface area contributed by atoms with Gasteiger partial charge in [0, 0.05) is 35.2 Å². The Hall–Kier alpha value is -4.46. The standard InChI is InChI=1S/C36H43N3O5/c1-5-24-15-18-28(19-16-24)39(33(40)20-17-25-23-37-30-14-10-9-13-29(25)30)34(36(41)38-27-11-7-6-8-12-27)26-21-31(42-2)35(44-4)32(22-26)43-3/h9-10,13-16,18-19,21-23,27,34,37H,5-8,11-12,17,20H2,1-4H3,(H,38,41). The van der Waals surface area contributed by atoms with Crippen LogP contribution in [-0.2, 0) is 22.4 Å². The number of aryl methyl sites for hydroxylation is 2. The first-order valence-corrected chi connectivity index (χ1v) is 15.5. The average Bonchev–Trinajstić information content (AvgIpc) is 3.48. The Bertz CT molecular complexity index is 1550. The first-order chi connectivity index (χ1) is 21.5. The molecule has 0 saturated heterocycles. The van der Waals surface area contributed by atoms with Gasteiger partial charge in [0.05, 0.1) is 21.3 Å². The zero-order valence-electron chi connectivity index (χ0n) is 26.2. The summed E-state index contributed by atoms with van der Waals surface area (Å²) in [5.74, 6) is 0.882. The number of para-hydroxylation sites is 1. The predicted octanol–water partition coefficient (Wildman–Crippen LogP) is 6.91. The molecule has 2 amide bonds. The first-order valence-electron chi connectivity index (χ1n) is 15.5. The predicted molar refractivity (Wildman–Crippen MR) is 174 cm³/mol. The fourth-order valence-electron chi connectivity index (χ4n) is 6.23. The van der Waals surface area contributed by atoms with E-state index < -0.39 is 6.04 Å². The number of ether oxygens (including phenoxy) is 3. The molecule has 3 aromatic carbocycles. The van der Waals surface area contributed by atoms with E-state index in [9.17, 15) is 9.59 Å². The summed E-state index contributed by atoms with van der Waals surface area (Å²) in [6, 6.07) is 18.6. The number of fused-ring (bicyclic) bond motifs is 1. The lowest BCUT2D eigenvalue weighted by Crippen LogP contribution is -2.47. The Morgan fingerprint density at radius 2 is 1.61 bits per heavy atom. The van der Waals surface area contributed by atoms with Crippen LogP contribution in [0.5, 0.6) is 17.2 Å². The van der Waals surface area contributed by atoms with Gasteiger partial charge in [-0.05, 0) is 72.7 Å². The van der Waals surface area contributed by atoms with Gasteiger partial charge in [0.25, 0.3) is 0 Å². The Morgan fingerprint density at radius 3 is 2.25 bits per heavy atom. The molecule has 232 valence electrons. The number of hydrogen-bond acceptors (Lipinski definition) is 5. The van der Waals surface area contributed by atoms with Gasteiger partial charge in [-0.1, -0.05) is 56.5 Å². The van der Waals surface area contributed by atoms with Gasteiger partial charge in [-0.2, -0.15) is 0 Å². The molecule has 1 atom stereocenters. The van der Waals surface area contributed by atoms with Crippen molar-refractivity contribution in [3.8, 4) is 17.2 Å². The van der Waals surface area contributed by atoms with Crippen LogP contribution in [0.3, 0.4) is 0 Å². The molecular weight excluding hydrogens is 554 g/mol. The summed E-state index contributed by atoms with van der Waals surface area (Å²) < 4.78 is 16.9. The van der Waals surface area contributed by atoms with E-state index in [0.29, 0.717) is 34.9 Å². The number of aromatic amines is 1.